The molecule has 0 unspecified atom stereocenters. The molecule has 1 aliphatic heterocycles. The van der Waals surface area contributed by atoms with Gasteiger partial charge in [-0.3, -0.25) is 9.78 Å². The third-order valence-electron chi connectivity index (χ3n) is 6.92. The molecule has 0 bridgehead atoms. The molecule has 1 N–H and O–H groups in total. The van der Waals surface area contributed by atoms with E-state index in [1.165, 1.54) is 0 Å². The Morgan fingerprint density at radius 3 is 3.03 bits per heavy atom. The van der Waals surface area contributed by atoms with Crippen molar-refractivity contribution in [3.8, 4) is 5.69 Å². The van der Waals surface area contributed by atoms with Crippen LogP contribution in [0.1, 0.15) is 31.5 Å². The van der Waals surface area contributed by atoms with Crippen molar-refractivity contribution < 1.29 is 9.53 Å². The van der Waals surface area contributed by atoms with E-state index in [4.69, 9.17) is 9.72 Å². The number of ether oxygens (including phenoxy) is 1. The zero-order valence-electron chi connectivity index (χ0n) is 18.7. The highest BCUT2D eigenvalue weighted by molar-refractivity contribution is 9.10. The van der Waals surface area contributed by atoms with Gasteiger partial charge in [0.05, 0.1) is 29.2 Å². The fourth-order valence-corrected chi connectivity index (χ4v) is 5.54. The van der Waals surface area contributed by atoms with Gasteiger partial charge in [0.15, 0.2) is 5.65 Å². The molecule has 3 atom stereocenters. The minimum atomic E-state index is 0.0696. The number of nitrogens with zero attached hydrogens (tertiary/aromatic N) is 5. The fourth-order valence-electron chi connectivity index (χ4n) is 5.10. The van der Waals surface area contributed by atoms with Gasteiger partial charge in [0.25, 0.3) is 0 Å². The standard InChI is InChI=1S/C25H25BrN6O2/c26-23-20-13-28-22(11-15-3-4-17(10-15)25(33)29-18-7-9-34-14-18)30-24(20)32(31-23)19-5-6-21-16(12-19)2-1-8-27-21/h1-2,5-6,8,12-13,15,17-18H,3-4,7,9-11,14H2,(H,29,33)/t15-,17-,18-/m1/s1. The summed E-state index contributed by atoms with van der Waals surface area (Å²) < 4.78 is 7.94. The maximum absolute atomic E-state index is 12.7. The SMILES string of the molecule is O=C(N[C@@H]1CCOC1)[C@@H]1CC[C@@H](Cc2ncc3c(Br)nn(-c4ccc5ncccc5c4)c3n2)C1. The highest BCUT2D eigenvalue weighted by Crippen LogP contribution is 2.34. The molecule has 8 nitrogen and oxygen atoms in total. The molecule has 9 heteroatoms. The number of nitrogens with one attached hydrogen (secondary N) is 1. The molecule has 2 fully saturated rings. The summed E-state index contributed by atoms with van der Waals surface area (Å²) in [7, 11) is 0. The summed E-state index contributed by atoms with van der Waals surface area (Å²) in [6.07, 6.45) is 8.11. The van der Waals surface area contributed by atoms with Gasteiger partial charge < -0.3 is 10.1 Å². The molecule has 0 radical (unpaired) electrons. The summed E-state index contributed by atoms with van der Waals surface area (Å²) in [6.45, 7) is 1.37. The van der Waals surface area contributed by atoms with Crippen molar-refractivity contribution in [1.82, 2.24) is 30.0 Å². The first-order valence-electron chi connectivity index (χ1n) is 11.8. The molecule has 1 aliphatic carbocycles. The molecule has 34 heavy (non-hydrogen) atoms. The lowest BCUT2D eigenvalue weighted by molar-refractivity contribution is -0.125. The van der Waals surface area contributed by atoms with E-state index in [0.717, 1.165) is 72.2 Å². The van der Waals surface area contributed by atoms with Crippen LogP contribution in [0.4, 0.5) is 0 Å². The van der Waals surface area contributed by atoms with E-state index in [-0.39, 0.29) is 17.9 Å². The first kappa shape index (κ1) is 21.6. The van der Waals surface area contributed by atoms with Gasteiger partial charge in [-0.2, -0.15) is 5.10 Å². The number of hydrogen-bond acceptors (Lipinski definition) is 6. The molecule has 0 spiro atoms. The number of aromatic nitrogens is 5. The number of carbonyl (C=O) groups is 1. The lowest BCUT2D eigenvalue weighted by atomic mass is 10.0. The Morgan fingerprint density at radius 1 is 1.21 bits per heavy atom. The van der Waals surface area contributed by atoms with Crippen molar-refractivity contribution >= 4 is 43.8 Å². The molecule has 4 aromatic rings. The third-order valence-corrected chi connectivity index (χ3v) is 7.51. The van der Waals surface area contributed by atoms with Gasteiger partial charge in [0.2, 0.25) is 5.91 Å². The number of benzene rings is 1. The van der Waals surface area contributed by atoms with Crippen LogP contribution in [-0.4, -0.2) is 49.9 Å². The van der Waals surface area contributed by atoms with Crippen LogP contribution in [0.2, 0.25) is 0 Å². The molecule has 4 heterocycles. The number of amides is 1. The molecule has 1 aromatic carbocycles. The van der Waals surface area contributed by atoms with E-state index in [9.17, 15) is 4.79 Å². The Labute approximate surface area is 205 Å². The smallest absolute Gasteiger partial charge is 0.223 e. The number of hydrogen-bond donors (Lipinski definition) is 1. The molecular weight excluding hydrogens is 496 g/mol. The van der Waals surface area contributed by atoms with Crippen LogP contribution in [0.25, 0.3) is 27.6 Å². The van der Waals surface area contributed by atoms with Crippen LogP contribution in [0, 0.1) is 11.8 Å². The summed E-state index contributed by atoms with van der Waals surface area (Å²) in [6, 6.07) is 10.2. The maximum atomic E-state index is 12.7. The lowest BCUT2D eigenvalue weighted by Gasteiger charge is -2.15. The summed E-state index contributed by atoms with van der Waals surface area (Å²) in [5.41, 5.74) is 2.64. The maximum Gasteiger partial charge on any atom is 0.223 e. The number of carbonyl (C=O) groups excluding carboxylic acids is 1. The predicted molar refractivity (Wildman–Crippen MR) is 132 cm³/mol. The first-order chi connectivity index (χ1) is 16.6. The van der Waals surface area contributed by atoms with Gasteiger partial charge in [-0.05, 0) is 71.8 Å². The quantitative estimate of drug-likeness (QED) is 0.427. The molecule has 1 amide bonds. The van der Waals surface area contributed by atoms with Crippen molar-refractivity contribution in [3.05, 3.63) is 53.2 Å². The van der Waals surface area contributed by atoms with Crippen molar-refractivity contribution in [3.63, 3.8) is 0 Å². The highest BCUT2D eigenvalue weighted by Gasteiger charge is 2.32. The summed E-state index contributed by atoms with van der Waals surface area (Å²) >= 11 is 3.56. The zero-order chi connectivity index (χ0) is 23.1. The van der Waals surface area contributed by atoms with Crippen LogP contribution >= 0.6 is 15.9 Å². The van der Waals surface area contributed by atoms with Crippen LogP contribution in [0.5, 0.6) is 0 Å². The van der Waals surface area contributed by atoms with E-state index in [0.29, 0.717) is 17.1 Å². The Bertz CT molecular complexity index is 1370. The van der Waals surface area contributed by atoms with Crippen LogP contribution in [-0.2, 0) is 16.0 Å². The van der Waals surface area contributed by atoms with Crippen molar-refractivity contribution in [2.24, 2.45) is 11.8 Å². The molecular formula is C25H25BrN6O2. The Hall–Kier alpha value is -2.91. The number of pyridine rings is 1. The molecule has 1 saturated heterocycles. The van der Waals surface area contributed by atoms with Gasteiger partial charge in [0, 0.05) is 36.7 Å². The molecule has 6 rings (SSSR count). The second-order valence-electron chi connectivity index (χ2n) is 9.26. The highest BCUT2D eigenvalue weighted by atomic mass is 79.9. The molecule has 1 saturated carbocycles. The van der Waals surface area contributed by atoms with Crippen LogP contribution in [0.15, 0.2) is 47.3 Å². The number of fused-ring (bicyclic) bond motifs is 2. The summed E-state index contributed by atoms with van der Waals surface area (Å²) in [5.74, 6) is 1.43. The van der Waals surface area contributed by atoms with Gasteiger partial charge in [-0.15, -0.1) is 0 Å². The summed E-state index contributed by atoms with van der Waals surface area (Å²) in [4.78, 5) is 26.6. The first-order valence-corrected chi connectivity index (χ1v) is 12.6. The Kier molecular flexibility index (Phi) is 5.74. The van der Waals surface area contributed by atoms with E-state index in [2.05, 4.69) is 42.4 Å². The molecule has 2 aliphatic rings. The predicted octanol–water partition coefficient (Wildman–Crippen LogP) is 3.99. The monoisotopic (exact) mass is 520 g/mol. The molecule has 3 aromatic heterocycles. The van der Waals surface area contributed by atoms with Gasteiger partial charge in [0.1, 0.15) is 10.4 Å². The van der Waals surface area contributed by atoms with Crippen LogP contribution in [0.3, 0.4) is 0 Å². The second kappa shape index (κ2) is 9.03. The van der Waals surface area contributed by atoms with Gasteiger partial charge >= 0.3 is 0 Å². The van der Waals surface area contributed by atoms with Gasteiger partial charge in [-0.25, -0.2) is 14.6 Å². The van der Waals surface area contributed by atoms with Crippen LogP contribution < -0.4 is 5.32 Å². The minimum Gasteiger partial charge on any atom is -0.379 e. The van der Waals surface area contributed by atoms with Crippen molar-refractivity contribution in [2.45, 2.75) is 38.1 Å². The van der Waals surface area contributed by atoms with Crippen molar-refractivity contribution in [1.29, 1.82) is 0 Å². The summed E-state index contributed by atoms with van der Waals surface area (Å²) in [5, 5.41) is 9.75. The number of halogens is 1. The Morgan fingerprint density at radius 2 is 2.15 bits per heavy atom. The largest absolute Gasteiger partial charge is 0.379 e. The topological polar surface area (TPSA) is 94.8 Å². The zero-order valence-corrected chi connectivity index (χ0v) is 20.2. The van der Waals surface area contributed by atoms with E-state index >= 15 is 0 Å². The average Bonchev–Trinajstić information content (AvgIpc) is 3.60. The number of rotatable bonds is 5. The van der Waals surface area contributed by atoms with E-state index < -0.39 is 0 Å². The van der Waals surface area contributed by atoms with Crippen molar-refractivity contribution in [2.75, 3.05) is 13.2 Å². The third kappa shape index (κ3) is 4.18. The average molecular weight is 521 g/mol. The van der Waals surface area contributed by atoms with E-state index in [1.54, 1.807) is 6.20 Å². The fraction of sp³-hybridized carbons (Fsp3) is 0.400. The lowest BCUT2D eigenvalue weighted by Crippen LogP contribution is -2.38. The molecule has 174 valence electrons. The normalized spacial score (nSPS) is 22.6. The van der Waals surface area contributed by atoms with Gasteiger partial charge in [-0.1, -0.05) is 6.07 Å². The minimum absolute atomic E-state index is 0.0696. The second-order valence-corrected chi connectivity index (χ2v) is 10.0. The van der Waals surface area contributed by atoms with E-state index in [1.807, 2.05) is 35.1 Å². The Balaban J connectivity index is 1.21.